The molecule has 0 saturated heterocycles. The molecular weight excluding hydrogens is 502 g/mol. The van der Waals surface area contributed by atoms with Crippen LogP contribution in [0.25, 0.3) is 11.8 Å². The molecule has 0 unspecified atom stereocenters. The van der Waals surface area contributed by atoms with Crippen molar-refractivity contribution in [3.63, 3.8) is 0 Å². The van der Waals surface area contributed by atoms with Crippen LogP contribution in [-0.4, -0.2) is 22.8 Å². The summed E-state index contributed by atoms with van der Waals surface area (Å²) in [6.45, 7) is 3.90. The smallest absolute Gasteiger partial charge is 0.305 e. The van der Waals surface area contributed by atoms with Crippen molar-refractivity contribution in [3.05, 3.63) is 65.4 Å². The third kappa shape index (κ3) is 5.35. The van der Waals surface area contributed by atoms with Crippen molar-refractivity contribution in [2.24, 2.45) is 0 Å². The highest BCUT2D eigenvalue weighted by Crippen LogP contribution is 2.58. The van der Waals surface area contributed by atoms with Crippen molar-refractivity contribution in [1.82, 2.24) is 9.55 Å². The van der Waals surface area contributed by atoms with E-state index in [-0.39, 0.29) is 28.4 Å². The lowest BCUT2D eigenvalue weighted by molar-refractivity contribution is -0.142. The van der Waals surface area contributed by atoms with Crippen LogP contribution in [-0.2, 0) is 19.8 Å². The number of aromatic amines is 1. The molecule has 1 aromatic carbocycles. The molecule has 32 heavy (non-hydrogen) atoms. The maximum absolute atomic E-state index is 14.6. The van der Waals surface area contributed by atoms with Crippen LogP contribution in [0.4, 0.5) is 17.6 Å². The number of hydrogen-bond acceptors (Lipinski definition) is 5. The van der Waals surface area contributed by atoms with Crippen LogP contribution in [0.15, 0.2) is 26.5 Å². The summed E-state index contributed by atoms with van der Waals surface area (Å²) in [4.78, 5) is 26.3. The SMILES string of the molecule is CCOP(=O)(OCC)C(Cl)=Cc1cc(-n2c(=O)[nH]c(C(F)(F)F)c(C)c2=O)c(F)cc1Cl. The zero-order valence-electron chi connectivity index (χ0n) is 16.8. The molecule has 2 aromatic rings. The molecule has 0 fully saturated rings. The summed E-state index contributed by atoms with van der Waals surface area (Å²) in [6, 6.07) is 1.61. The van der Waals surface area contributed by atoms with E-state index >= 15 is 0 Å². The van der Waals surface area contributed by atoms with Crippen molar-refractivity contribution in [2.45, 2.75) is 26.9 Å². The molecular formula is C18H17Cl2F4N2O5P. The second kappa shape index (κ2) is 9.93. The van der Waals surface area contributed by atoms with E-state index < -0.39 is 52.6 Å². The summed E-state index contributed by atoms with van der Waals surface area (Å²) in [6.07, 6.45) is -3.98. The Labute approximate surface area is 189 Å². The van der Waals surface area contributed by atoms with Crippen molar-refractivity contribution in [3.8, 4) is 5.69 Å². The quantitative estimate of drug-likeness (QED) is 0.388. The van der Waals surface area contributed by atoms with Gasteiger partial charge in [0.2, 0.25) is 0 Å². The topological polar surface area (TPSA) is 90.4 Å². The first-order chi connectivity index (χ1) is 14.8. The Morgan fingerprint density at radius 3 is 2.28 bits per heavy atom. The zero-order chi connectivity index (χ0) is 24.4. The number of H-pyrrole nitrogens is 1. The van der Waals surface area contributed by atoms with E-state index in [1.54, 1.807) is 18.8 Å². The van der Waals surface area contributed by atoms with Crippen molar-refractivity contribution in [2.75, 3.05) is 13.2 Å². The molecule has 0 bridgehead atoms. The summed E-state index contributed by atoms with van der Waals surface area (Å²) in [5.41, 5.74) is -6.11. The Bertz CT molecular complexity index is 1210. The van der Waals surface area contributed by atoms with Crippen LogP contribution in [0, 0.1) is 12.7 Å². The van der Waals surface area contributed by atoms with Crippen LogP contribution in [0.1, 0.15) is 30.7 Å². The summed E-state index contributed by atoms with van der Waals surface area (Å²) in [5.74, 6) is -1.17. The summed E-state index contributed by atoms with van der Waals surface area (Å²) < 4.78 is 76.4. The largest absolute Gasteiger partial charge is 0.431 e. The number of benzene rings is 1. The van der Waals surface area contributed by atoms with Gasteiger partial charge in [-0.1, -0.05) is 23.2 Å². The summed E-state index contributed by atoms with van der Waals surface area (Å²) >= 11 is 12.1. The van der Waals surface area contributed by atoms with E-state index in [4.69, 9.17) is 32.2 Å². The predicted molar refractivity (Wildman–Crippen MR) is 112 cm³/mol. The molecule has 0 aliphatic carbocycles. The molecule has 0 aliphatic rings. The van der Waals surface area contributed by atoms with Crippen molar-refractivity contribution < 1.29 is 31.2 Å². The molecule has 14 heteroatoms. The first kappa shape index (κ1) is 26.3. The number of nitrogens with zero attached hydrogens (tertiary/aromatic N) is 1. The van der Waals surface area contributed by atoms with Gasteiger partial charge >= 0.3 is 19.5 Å². The van der Waals surface area contributed by atoms with Gasteiger partial charge in [-0.2, -0.15) is 13.2 Å². The van der Waals surface area contributed by atoms with E-state index in [2.05, 4.69) is 0 Å². The fraction of sp³-hybridized carbons (Fsp3) is 0.333. The Balaban J connectivity index is 2.75. The first-order valence-corrected chi connectivity index (χ1v) is 11.3. The lowest BCUT2D eigenvalue weighted by Crippen LogP contribution is -2.38. The van der Waals surface area contributed by atoms with E-state index in [1.165, 1.54) is 0 Å². The normalized spacial score (nSPS) is 13.0. The van der Waals surface area contributed by atoms with E-state index in [0.29, 0.717) is 0 Å². The summed E-state index contributed by atoms with van der Waals surface area (Å²) in [5, 5.41) is -0.253. The highest BCUT2D eigenvalue weighted by atomic mass is 35.5. The molecule has 0 saturated carbocycles. The molecule has 7 nitrogen and oxygen atoms in total. The number of halogens is 6. The van der Waals surface area contributed by atoms with Crippen LogP contribution in [0.5, 0.6) is 0 Å². The molecule has 0 spiro atoms. The van der Waals surface area contributed by atoms with Gasteiger partial charge in [0, 0.05) is 5.56 Å². The number of hydrogen-bond donors (Lipinski definition) is 1. The Morgan fingerprint density at radius 2 is 1.78 bits per heavy atom. The minimum absolute atomic E-state index is 0.0145. The minimum atomic E-state index is -5.00. The van der Waals surface area contributed by atoms with Gasteiger partial charge in [0.05, 0.1) is 23.9 Å². The number of alkyl halides is 3. The van der Waals surface area contributed by atoms with Gasteiger partial charge in [0.1, 0.15) is 16.3 Å². The highest BCUT2D eigenvalue weighted by Gasteiger charge is 2.36. The average Bonchev–Trinajstić information content (AvgIpc) is 2.67. The monoisotopic (exact) mass is 518 g/mol. The minimum Gasteiger partial charge on any atom is -0.305 e. The molecule has 0 aliphatic heterocycles. The zero-order valence-corrected chi connectivity index (χ0v) is 19.3. The lowest BCUT2D eigenvalue weighted by Gasteiger charge is -2.16. The molecule has 0 amide bonds. The van der Waals surface area contributed by atoms with Gasteiger partial charge in [0.15, 0.2) is 0 Å². The third-order valence-corrected chi connectivity index (χ3v) is 6.96. The second-order valence-electron chi connectivity index (χ2n) is 6.19. The Kier molecular flexibility index (Phi) is 8.17. The van der Waals surface area contributed by atoms with Gasteiger partial charge in [-0.05, 0) is 44.5 Å². The molecule has 176 valence electrons. The fourth-order valence-electron chi connectivity index (χ4n) is 2.67. The van der Waals surface area contributed by atoms with Crippen LogP contribution < -0.4 is 11.2 Å². The van der Waals surface area contributed by atoms with Gasteiger partial charge in [-0.15, -0.1) is 0 Å². The maximum atomic E-state index is 14.6. The standard InChI is InChI=1S/C18H17Cl2F4N2O5P/c1-4-30-32(29,31-5-2)14(20)7-10-6-13(12(21)8-11(10)19)26-16(27)9(3)15(18(22,23)24)25-17(26)28/h6-8H,4-5H2,1-3H3,(H,25,28). The van der Waals surface area contributed by atoms with Crippen molar-refractivity contribution >= 4 is 36.9 Å². The molecule has 1 aromatic heterocycles. The van der Waals surface area contributed by atoms with E-state index in [0.717, 1.165) is 25.1 Å². The van der Waals surface area contributed by atoms with Crippen LogP contribution >= 0.6 is 30.8 Å². The Hall–Kier alpha value is -1.91. The maximum Gasteiger partial charge on any atom is 0.431 e. The van der Waals surface area contributed by atoms with Gasteiger partial charge in [0.25, 0.3) is 5.56 Å². The van der Waals surface area contributed by atoms with E-state index in [1.807, 2.05) is 0 Å². The molecule has 1 heterocycles. The van der Waals surface area contributed by atoms with Crippen LogP contribution in [0.2, 0.25) is 5.02 Å². The van der Waals surface area contributed by atoms with E-state index in [9.17, 15) is 31.7 Å². The highest BCUT2D eigenvalue weighted by molar-refractivity contribution is 7.61. The van der Waals surface area contributed by atoms with Gasteiger partial charge in [-0.25, -0.2) is 13.8 Å². The molecule has 1 N–H and O–H groups in total. The number of aromatic nitrogens is 2. The Morgan fingerprint density at radius 1 is 1.22 bits per heavy atom. The second-order valence-corrected chi connectivity index (χ2v) is 9.26. The molecule has 2 rings (SSSR count). The lowest BCUT2D eigenvalue weighted by atomic mass is 10.1. The van der Waals surface area contributed by atoms with Gasteiger partial charge in [-0.3, -0.25) is 9.36 Å². The van der Waals surface area contributed by atoms with Crippen molar-refractivity contribution in [1.29, 1.82) is 0 Å². The molecule has 0 atom stereocenters. The first-order valence-electron chi connectivity index (χ1n) is 8.96. The third-order valence-electron chi connectivity index (χ3n) is 4.06. The fourth-order valence-corrected chi connectivity index (χ4v) is 4.58. The number of nitrogens with one attached hydrogen (secondary N) is 1. The molecule has 0 radical (unpaired) electrons. The van der Waals surface area contributed by atoms with Gasteiger partial charge < -0.3 is 14.0 Å². The summed E-state index contributed by atoms with van der Waals surface area (Å²) in [7, 11) is -3.93. The van der Waals surface area contributed by atoms with Crippen LogP contribution in [0.3, 0.4) is 0 Å². The average molecular weight is 519 g/mol. The predicted octanol–water partition coefficient (Wildman–Crippen LogP) is 5.45. The number of rotatable bonds is 7.